The lowest BCUT2D eigenvalue weighted by atomic mass is 10.2. The lowest BCUT2D eigenvalue weighted by molar-refractivity contribution is -0.121. The predicted molar refractivity (Wildman–Crippen MR) is 65.1 cm³/mol. The number of carbonyl (C=O) groups excluding carboxylic acids is 1. The van der Waals surface area contributed by atoms with Gasteiger partial charge >= 0.3 is 0 Å². The van der Waals surface area contributed by atoms with Crippen LogP contribution in [-0.4, -0.2) is 12.5 Å². The van der Waals surface area contributed by atoms with E-state index in [1.165, 1.54) is 4.88 Å². The molecule has 0 atom stereocenters. The van der Waals surface area contributed by atoms with Crippen LogP contribution in [0.2, 0.25) is 0 Å². The molecule has 0 fully saturated rings. The highest BCUT2D eigenvalue weighted by molar-refractivity contribution is 7.09. The van der Waals surface area contributed by atoms with E-state index in [4.69, 9.17) is 0 Å². The Morgan fingerprint density at radius 1 is 1.60 bits per heavy atom. The minimum Gasteiger partial charge on any atom is -0.356 e. The van der Waals surface area contributed by atoms with Crippen molar-refractivity contribution in [3.8, 4) is 0 Å². The summed E-state index contributed by atoms with van der Waals surface area (Å²) in [5.41, 5.74) is 0. The summed E-state index contributed by atoms with van der Waals surface area (Å²) in [7, 11) is 0. The lowest BCUT2D eigenvalue weighted by Gasteiger charge is -2.01. The smallest absolute Gasteiger partial charge is 0.220 e. The van der Waals surface area contributed by atoms with Gasteiger partial charge in [0.1, 0.15) is 0 Å². The average molecular weight is 223 g/mol. The van der Waals surface area contributed by atoms with E-state index in [2.05, 4.69) is 17.5 Å². The molecule has 0 aliphatic rings. The third kappa shape index (κ3) is 5.37. The Kier molecular flexibility index (Phi) is 5.78. The number of carbonyl (C=O) groups is 1. The molecule has 1 rings (SSSR count). The van der Waals surface area contributed by atoms with Gasteiger partial charge in [-0.1, -0.05) is 18.2 Å². The number of rotatable bonds is 6. The Bertz CT molecular complexity index is 303. The molecule has 3 heteroatoms. The van der Waals surface area contributed by atoms with Gasteiger partial charge in [0, 0.05) is 17.8 Å². The van der Waals surface area contributed by atoms with Crippen molar-refractivity contribution < 1.29 is 4.79 Å². The van der Waals surface area contributed by atoms with E-state index in [1.807, 2.05) is 24.4 Å². The number of hydrogen-bond donors (Lipinski definition) is 1. The first-order valence-corrected chi connectivity index (χ1v) is 6.11. The summed E-state index contributed by atoms with van der Waals surface area (Å²) in [6.07, 6.45) is 6.42. The Balaban J connectivity index is 2.08. The van der Waals surface area contributed by atoms with Crippen molar-refractivity contribution in [3.05, 3.63) is 34.5 Å². The summed E-state index contributed by atoms with van der Waals surface area (Å²) < 4.78 is 0. The van der Waals surface area contributed by atoms with Crippen LogP contribution in [0.3, 0.4) is 0 Å². The first kappa shape index (κ1) is 12.0. The number of amides is 1. The van der Waals surface area contributed by atoms with Crippen molar-refractivity contribution in [1.82, 2.24) is 5.32 Å². The van der Waals surface area contributed by atoms with Crippen LogP contribution in [0.5, 0.6) is 0 Å². The highest BCUT2D eigenvalue weighted by Gasteiger charge is 2.01. The maximum Gasteiger partial charge on any atom is 0.220 e. The monoisotopic (exact) mass is 223 g/mol. The van der Waals surface area contributed by atoms with Gasteiger partial charge in [-0.3, -0.25) is 4.79 Å². The second-order valence-corrected chi connectivity index (χ2v) is 4.32. The number of thiophene rings is 1. The normalized spacial score (nSPS) is 10.7. The van der Waals surface area contributed by atoms with E-state index >= 15 is 0 Å². The van der Waals surface area contributed by atoms with Gasteiger partial charge in [0.2, 0.25) is 5.91 Å². The molecule has 82 valence electrons. The van der Waals surface area contributed by atoms with Gasteiger partial charge in [-0.2, -0.15) is 0 Å². The van der Waals surface area contributed by atoms with Crippen molar-refractivity contribution >= 4 is 17.2 Å². The highest BCUT2D eigenvalue weighted by atomic mass is 32.1. The first-order chi connectivity index (χ1) is 7.33. The molecule has 0 aliphatic heterocycles. The van der Waals surface area contributed by atoms with Crippen molar-refractivity contribution in [2.75, 3.05) is 6.54 Å². The van der Waals surface area contributed by atoms with E-state index in [9.17, 15) is 4.79 Å². The molecule has 1 aromatic heterocycles. The fourth-order valence-electron chi connectivity index (χ4n) is 1.24. The van der Waals surface area contributed by atoms with Gasteiger partial charge in [-0.25, -0.2) is 0 Å². The van der Waals surface area contributed by atoms with Crippen molar-refractivity contribution in [3.63, 3.8) is 0 Å². The molecule has 0 aliphatic carbocycles. The van der Waals surface area contributed by atoms with E-state index in [1.54, 1.807) is 11.3 Å². The number of aryl methyl sites for hydroxylation is 1. The summed E-state index contributed by atoms with van der Waals surface area (Å²) >= 11 is 1.71. The second kappa shape index (κ2) is 7.23. The maximum atomic E-state index is 11.4. The summed E-state index contributed by atoms with van der Waals surface area (Å²) in [5.74, 6) is 0.146. The van der Waals surface area contributed by atoms with Crippen molar-refractivity contribution in [2.45, 2.75) is 26.2 Å². The van der Waals surface area contributed by atoms with E-state index in [-0.39, 0.29) is 5.91 Å². The Hall–Kier alpha value is -1.09. The number of allylic oxidation sites excluding steroid dienone is 1. The Morgan fingerprint density at radius 2 is 2.47 bits per heavy atom. The molecule has 0 saturated carbocycles. The molecule has 0 saturated heterocycles. The molecular weight excluding hydrogens is 206 g/mol. The molecule has 0 spiro atoms. The van der Waals surface area contributed by atoms with Gasteiger partial charge in [0.05, 0.1) is 0 Å². The Morgan fingerprint density at radius 3 is 3.13 bits per heavy atom. The van der Waals surface area contributed by atoms with Crippen LogP contribution >= 0.6 is 11.3 Å². The molecular formula is C12H17NOS. The summed E-state index contributed by atoms with van der Waals surface area (Å²) in [5, 5.41) is 4.94. The van der Waals surface area contributed by atoms with E-state index in [0.29, 0.717) is 6.42 Å². The summed E-state index contributed by atoms with van der Waals surface area (Å²) in [6.45, 7) is 2.73. The minimum absolute atomic E-state index is 0.146. The fraction of sp³-hybridized carbons (Fsp3) is 0.417. The standard InChI is InChI=1S/C12H17NOS/c1-2-3-4-9-13-12(14)8-7-11-6-5-10-15-11/h2-3,5-6,10H,4,7-9H2,1H3,(H,13,14)/b3-2+. The molecule has 2 nitrogen and oxygen atoms in total. The van der Waals surface area contributed by atoms with Crippen LogP contribution in [0.15, 0.2) is 29.7 Å². The van der Waals surface area contributed by atoms with Crippen LogP contribution in [0.4, 0.5) is 0 Å². The molecule has 1 N–H and O–H groups in total. The first-order valence-electron chi connectivity index (χ1n) is 5.23. The number of nitrogens with one attached hydrogen (secondary N) is 1. The molecule has 0 radical (unpaired) electrons. The SMILES string of the molecule is C/C=C/CCNC(=O)CCc1cccs1. The third-order valence-corrected chi connectivity index (χ3v) is 2.98. The van der Waals surface area contributed by atoms with Gasteiger partial charge in [0.25, 0.3) is 0 Å². The molecule has 1 heterocycles. The van der Waals surface area contributed by atoms with Crippen LogP contribution in [0.25, 0.3) is 0 Å². The number of hydrogen-bond acceptors (Lipinski definition) is 2. The third-order valence-electron chi connectivity index (χ3n) is 2.05. The lowest BCUT2D eigenvalue weighted by Crippen LogP contribution is -2.24. The topological polar surface area (TPSA) is 29.1 Å². The fourth-order valence-corrected chi connectivity index (χ4v) is 1.95. The minimum atomic E-state index is 0.146. The van der Waals surface area contributed by atoms with Gasteiger partial charge in [0.15, 0.2) is 0 Å². The summed E-state index contributed by atoms with van der Waals surface area (Å²) in [6, 6.07) is 4.09. The zero-order valence-electron chi connectivity index (χ0n) is 9.03. The van der Waals surface area contributed by atoms with E-state index < -0.39 is 0 Å². The molecule has 1 amide bonds. The summed E-state index contributed by atoms with van der Waals surface area (Å²) in [4.78, 5) is 12.6. The van der Waals surface area contributed by atoms with Gasteiger partial charge in [-0.05, 0) is 31.2 Å². The second-order valence-electron chi connectivity index (χ2n) is 3.29. The van der Waals surface area contributed by atoms with Crippen molar-refractivity contribution in [2.24, 2.45) is 0 Å². The predicted octanol–water partition coefficient (Wildman–Crippen LogP) is 2.76. The zero-order chi connectivity index (χ0) is 10.9. The highest BCUT2D eigenvalue weighted by Crippen LogP contribution is 2.10. The Labute approximate surface area is 95.0 Å². The largest absolute Gasteiger partial charge is 0.356 e. The molecule has 1 aromatic rings. The molecule has 15 heavy (non-hydrogen) atoms. The van der Waals surface area contributed by atoms with E-state index in [0.717, 1.165) is 19.4 Å². The van der Waals surface area contributed by atoms with Gasteiger partial charge < -0.3 is 5.32 Å². The maximum absolute atomic E-state index is 11.4. The van der Waals surface area contributed by atoms with Crippen LogP contribution in [-0.2, 0) is 11.2 Å². The molecule has 0 bridgehead atoms. The van der Waals surface area contributed by atoms with Crippen LogP contribution in [0.1, 0.15) is 24.6 Å². The quantitative estimate of drug-likeness (QED) is 0.583. The average Bonchev–Trinajstić information content (AvgIpc) is 2.74. The van der Waals surface area contributed by atoms with Crippen LogP contribution < -0.4 is 5.32 Å². The van der Waals surface area contributed by atoms with Crippen molar-refractivity contribution in [1.29, 1.82) is 0 Å². The van der Waals surface area contributed by atoms with Gasteiger partial charge in [-0.15, -0.1) is 11.3 Å². The van der Waals surface area contributed by atoms with Crippen LogP contribution in [0, 0.1) is 0 Å². The molecule has 0 aromatic carbocycles. The zero-order valence-corrected chi connectivity index (χ0v) is 9.85. The molecule has 0 unspecified atom stereocenters.